The van der Waals surface area contributed by atoms with E-state index in [1.54, 1.807) is 18.2 Å². The molecule has 0 aliphatic carbocycles. The molecule has 1 aromatic heterocycles. The van der Waals surface area contributed by atoms with Crippen molar-refractivity contribution in [2.45, 2.75) is 26.3 Å². The van der Waals surface area contributed by atoms with Gasteiger partial charge >= 0.3 is 0 Å². The van der Waals surface area contributed by atoms with E-state index in [0.29, 0.717) is 18.2 Å². The molecular weight excluding hydrogens is 307 g/mol. The average Bonchev–Trinajstić information content (AvgIpc) is 2.61. The van der Waals surface area contributed by atoms with Crippen molar-refractivity contribution in [3.05, 3.63) is 53.7 Å². The number of nitrogens with zero attached hydrogens (tertiary/aromatic N) is 3. The van der Waals surface area contributed by atoms with Crippen LogP contribution in [0.15, 0.2) is 36.7 Å². The van der Waals surface area contributed by atoms with Crippen molar-refractivity contribution in [2.24, 2.45) is 5.92 Å². The molecule has 0 bridgehead atoms. The molecule has 1 aromatic carbocycles. The minimum absolute atomic E-state index is 0.256. The van der Waals surface area contributed by atoms with Crippen LogP contribution in [0.4, 0.5) is 10.2 Å². The first kappa shape index (κ1) is 16.4. The number of anilines is 1. The standard InChI is InChI=1S/C18H21FN4O/c1-13-3-2-8-23(11-13)17-9-16(21-12-22-17)18(24)20-10-14-4-6-15(19)7-5-14/h4-7,9,12-13H,2-3,8,10-11H2,1H3,(H,20,24). The van der Waals surface area contributed by atoms with Gasteiger partial charge in [-0.25, -0.2) is 14.4 Å². The molecule has 0 radical (unpaired) electrons. The molecule has 1 fully saturated rings. The largest absolute Gasteiger partial charge is 0.356 e. The van der Waals surface area contributed by atoms with Gasteiger partial charge < -0.3 is 10.2 Å². The quantitative estimate of drug-likeness (QED) is 0.937. The van der Waals surface area contributed by atoms with Gasteiger partial charge in [-0.05, 0) is 36.5 Å². The van der Waals surface area contributed by atoms with Crippen LogP contribution in [0.2, 0.25) is 0 Å². The van der Waals surface area contributed by atoms with E-state index in [9.17, 15) is 9.18 Å². The molecule has 24 heavy (non-hydrogen) atoms. The van der Waals surface area contributed by atoms with Gasteiger partial charge in [0.2, 0.25) is 0 Å². The predicted molar refractivity (Wildman–Crippen MR) is 90.2 cm³/mol. The molecule has 5 nitrogen and oxygen atoms in total. The van der Waals surface area contributed by atoms with E-state index in [2.05, 4.69) is 27.1 Å². The summed E-state index contributed by atoms with van der Waals surface area (Å²) in [6, 6.07) is 7.79. The lowest BCUT2D eigenvalue weighted by Gasteiger charge is -2.31. The molecule has 1 saturated heterocycles. The summed E-state index contributed by atoms with van der Waals surface area (Å²) < 4.78 is 12.9. The molecular formula is C18H21FN4O. The maximum Gasteiger partial charge on any atom is 0.270 e. The number of amides is 1. The first-order chi connectivity index (χ1) is 11.6. The van der Waals surface area contributed by atoms with Crippen molar-refractivity contribution in [2.75, 3.05) is 18.0 Å². The molecule has 1 aliphatic heterocycles. The number of hydrogen-bond donors (Lipinski definition) is 1. The molecule has 1 N–H and O–H groups in total. The van der Waals surface area contributed by atoms with Gasteiger partial charge in [0.25, 0.3) is 5.91 Å². The second-order valence-electron chi connectivity index (χ2n) is 6.26. The fourth-order valence-corrected chi connectivity index (χ4v) is 2.92. The van der Waals surface area contributed by atoms with Crippen molar-refractivity contribution >= 4 is 11.7 Å². The van der Waals surface area contributed by atoms with E-state index in [1.165, 1.54) is 24.9 Å². The molecule has 2 heterocycles. The molecule has 6 heteroatoms. The van der Waals surface area contributed by atoms with Gasteiger partial charge in [-0.3, -0.25) is 4.79 Å². The van der Waals surface area contributed by atoms with Gasteiger partial charge in [-0.15, -0.1) is 0 Å². The van der Waals surface area contributed by atoms with Crippen LogP contribution in [0.1, 0.15) is 35.8 Å². The Morgan fingerprint density at radius 1 is 1.33 bits per heavy atom. The number of carbonyl (C=O) groups is 1. The summed E-state index contributed by atoms with van der Waals surface area (Å²) in [4.78, 5) is 22.9. The molecule has 1 atom stereocenters. The van der Waals surface area contributed by atoms with E-state index in [0.717, 1.165) is 30.9 Å². The van der Waals surface area contributed by atoms with E-state index >= 15 is 0 Å². The first-order valence-electron chi connectivity index (χ1n) is 8.21. The highest BCUT2D eigenvalue weighted by molar-refractivity contribution is 5.92. The number of rotatable bonds is 4. The van der Waals surface area contributed by atoms with Crippen molar-refractivity contribution in [3.8, 4) is 0 Å². The van der Waals surface area contributed by atoms with Crippen LogP contribution in [0.5, 0.6) is 0 Å². The molecule has 0 saturated carbocycles. The summed E-state index contributed by atoms with van der Waals surface area (Å²) in [7, 11) is 0. The predicted octanol–water partition coefficient (Wildman–Crippen LogP) is 2.78. The zero-order chi connectivity index (χ0) is 16.9. The van der Waals surface area contributed by atoms with Crippen molar-refractivity contribution in [1.82, 2.24) is 15.3 Å². The molecule has 1 unspecified atom stereocenters. The number of nitrogens with one attached hydrogen (secondary N) is 1. The molecule has 1 aliphatic rings. The number of aromatic nitrogens is 2. The molecule has 1 amide bonds. The van der Waals surface area contributed by atoms with Crippen LogP contribution in [0.3, 0.4) is 0 Å². The highest BCUT2D eigenvalue weighted by Crippen LogP contribution is 2.21. The number of benzene rings is 1. The Hall–Kier alpha value is -2.50. The van der Waals surface area contributed by atoms with Crippen LogP contribution >= 0.6 is 0 Å². The fraction of sp³-hybridized carbons (Fsp3) is 0.389. The Balaban J connectivity index is 1.64. The minimum Gasteiger partial charge on any atom is -0.356 e. The Bertz CT molecular complexity index is 704. The SMILES string of the molecule is CC1CCCN(c2cc(C(=O)NCc3ccc(F)cc3)ncn2)C1. The third kappa shape index (κ3) is 4.07. The first-order valence-corrected chi connectivity index (χ1v) is 8.21. The molecule has 2 aromatic rings. The summed E-state index contributed by atoms with van der Waals surface area (Å²) in [5, 5.41) is 2.80. The summed E-state index contributed by atoms with van der Waals surface area (Å²) >= 11 is 0. The van der Waals surface area contributed by atoms with E-state index < -0.39 is 0 Å². The number of carbonyl (C=O) groups excluding carboxylic acids is 1. The highest BCUT2D eigenvalue weighted by atomic mass is 19.1. The van der Waals surface area contributed by atoms with Crippen molar-refractivity contribution in [1.29, 1.82) is 0 Å². The third-order valence-corrected chi connectivity index (χ3v) is 4.23. The Kier molecular flexibility index (Phi) is 5.03. The Labute approximate surface area is 140 Å². The van der Waals surface area contributed by atoms with Gasteiger partial charge in [0.1, 0.15) is 23.7 Å². The van der Waals surface area contributed by atoms with Crippen molar-refractivity contribution in [3.63, 3.8) is 0 Å². The lowest BCUT2D eigenvalue weighted by atomic mass is 10.0. The van der Waals surface area contributed by atoms with Crippen molar-refractivity contribution < 1.29 is 9.18 Å². The van der Waals surface area contributed by atoms with Crippen LogP contribution in [0, 0.1) is 11.7 Å². The zero-order valence-electron chi connectivity index (χ0n) is 13.7. The number of halogens is 1. The fourth-order valence-electron chi connectivity index (χ4n) is 2.92. The van der Waals surface area contributed by atoms with Gasteiger partial charge in [0, 0.05) is 25.7 Å². The summed E-state index contributed by atoms with van der Waals surface area (Å²) in [6.07, 6.45) is 3.80. The second kappa shape index (κ2) is 7.38. The smallest absolute Gasteiger partial charge is 0.270 e. The maximum atomic E-state index is 12.9. The highest BCUT2D eigenvalue weighted by Gasteiger charge is 2.19. The average molecular weight is 328 g/mol. The van der Waals surface area contributed by atoms with E-state index in [4.69, 9.17) is 0 Å². The topological polar surface area (TPSA) is 58.1 Å². The van der Waals surface area contributed by atoms with Crippen LogP contribution < -0.4 is 10.2 Å². The monoisotopic (exact) mass is 328 g/mol. The summed E-state index contributed by atoms with van der Waals surface area (Å²) in [6.45, 7) is 4.47. The van der Waals surface area contributed by atoms with Gasteiger partial charge in [0.05, 0.1) is 0 Å². The van der Waals surface area contributed by atoms with E-state index in [-0.39, 0.29) is 11.7 Å². The Morgan fingerprint density at radius 2 is 2.12 bits per heavy atom. The normalized spacial score (nSPS) is 17.6. The maximum absolute atomic E-state index is 12.9. The van der Waals surface area contributed by atoms with Crippen LogP contribution in [-0.2, 0) is 6.54 Å². The number of hydrogen-bond acceptors (Lipinski definition) is 4. The summed E-state index contributed by atoms with van der Waals surface area (Å²) in [5.41, 5.74) is 1.18. The van der Waals surface area contributed by atoms with E-state index in [1.807, 2.05) is 0 Å². The lowest BCUT2D eigenvalue weighted by molar-refractivity contribution is 0.0945. The van der Waals surface area contributed by atoms with Gasteiger partial charge in [0.15, 0.2) is 0 Å². The molecule has 0 spiro atoms. The minimum atomic E-state index is -0.290. The third-order valence-electron chi connectivity index (χ3n) is 4.23. The molecule has 3 rings (SSSR count). The second-order valence-corrected chi connectivity index (χ2v) is 6.26. The summed E-state index contributed by atoms with van der Waals surface area (Å²) in [5.74, 6) is 0.877. The van der Waals surface area contributed by atoms with Crippen LogP contribution in [-0.4, -0.2) is 29.0 Å². The van der Waals surface area contributed by atoms with Gasteiger partial charge in [-0.2, -0.15) is 0 Å². The number of piperidine rings is 1. The lowest BCUT2D eigenvalue weighted by Crippen LogP contribution is -2.35. The van der Waals surface area contributed by atoms with Gasteiger partial charge in [-0.1, -0.05) is 19.1 Å². The van der Waals surface area contributed by atoms with Crippen LogP contribution in [0.25, 0.3) is 0 Å². The zero-order valence-corrected chi connectivity index (χ0v) is 13.7. The Morgan fingerprint density at radius 3 is 2.88 bits per heavy atom. The molecule has 126 valence electrons.